The number of thioether (sulfide) groups is 1. The Kier molecular flexibility index (Phi) is 7.54. The Morgan fingerprint density at radius 3 is 2.88 bits per heavy atom. The van der Waals surface area contributed by atoms with Crippen molar-refractivity contribution < 1.29 is 0 Å². The van der Waals surface area contributed by atoms with Gasteiger partial charge in [0, 0.05) is 10.9 Å². The molecule has 0 saturated carbocycles. The molecule has 0 radical (unpaired) electrons. The van der Waals surface area contributed by atoms with Crippen LogP contribution in [0.4, 0.5) is 0 Å². The van der Waals surface area contributed by atoms with Gasteiger partial charge in [-0.3, -0.25) is 0 Å². The van der Waals surface area contributed by atoms with E-state index in [1.165, 1.54) is 23.5 Å². The number of halogens is 1. The van der Waals surface area contributed by atoms with Gasteiger partial charge in [-0.15, -0.1) is 11.3 Å². The van der Waals surface area contributed by atoms with Crippen molar-refractivity contribution >= 4 is 34.7 Å². The van der Waals surface area contributed by atoms with Gasteiger partial charge in [0.05, 0.1) is 4.34 Å². The lowest BCUT2D eigenvalue weighted by molar-refractivity contribution is 0.500. The average molecular weight is 278 g/mol. The van der Waals surface area contributed by atoms with Gasteiger partial charge in [0.25, 0.3) is 0 Å². The summed E-state index contributed by atoms with van der Waals surface area (Å²) in [6.45, 7) is 3.32. The highest BCUT2D eigenvalue weighted by Crippen LogP contribution is 2.23. The van der Waals surface area contributed by atoms with Crippen LogP contribution in [0.2, 0.25) is 4.34 Å². The zero-order valence-corrected chi connectivity index (χ0v) is 12.4. The summed E-state index contributed by atoms with van der Waals surface area (Å²) in [6, 6.07) is 4.74. The van der Waals surface area contributed by atoms with Crippen LogP contribution in [0.3, 0.4) is 0 Å². The minimum absolute atomic E-state index is 0.599. The Morgan fingerprint density at radius 2 is 2.31 bits per heavy atom. The monoisotopic (exact) mass is 277 g/mol. The molecule has 0 amide bonds. The quantitative estimate of drug-likeness (QED) is 0.769. The van der Waals surface area contributed by atoms with E-state index in [4.69, 9.17) is 11.6 Å². The van der Waals surface area contributed by atoms with Crippen LogP contribution in [0.15, 0.2) is 12.1 Å². The van der Waals surface area contributed by atoms with E-state index in [0.29, 0.717) is 6.04 Å². The smallest absolute Gasteiger partial charge is 0.0931 e. The van der Waals surface area contributed by atoms with Gasteiger partial charge in [-0.05, 0) is 49.9 Å². The highest BCUT2D eigenvalue weighted by atomic mass is 35.5. The molecule has 16 heavy (non-hydrogen) atoms. The molecule has 0 fully saturated rings. The van der Waals surface area contributed by atoms with Crippen molar-refractivity contribution in [3.05, 3.63) is 21.3 Å². The molecule has 0 aliphatic heterocycles. The molecule has 1 heterocycles. The van der Waals surface area contributed by atoms with E-state index in [1.54, 1.807) is 11.3 Å². The summed E-state index contributed by atoms with van der Waals surface area (Å²) in [5.74, 6) is 1.22. The highest BCUT2D eigenvalue weighted by Gasteiger charge is 2.09. The number of rotatable bonds is 8. The summed E-state index contributed by atoms with van der Waals surface area (Å²) in [4.78, 5) is 1.39. The third-order valence-corrected chi connectivity index (χ3v) is 4.33. The molecular weight excluding hydrogens is 258 g/mol. The molecule has 0 spiro atoms. The lowest BCUT2D eigenvalue weighted by Crippen LogP contribution is -2.32. The maximum Gasteiger partial charge on any atom is 0.0931 e. The Balaban J connectivity index is 2.41. The lowest BCUT2D eigenvalue weighted by atomic mass is 10.1. The van der Waals surface area contributed by atoms with Crippen LogP contribution < -0.4 is 5.32 Å². The number of thiophene rings is 1. The maximum atomic E-state index is 5.95. The molecule has 4 heteroatoms. The molecule has 92 valence electrons. The van der Waals surface area contributed by atoms with E-state index in [2.05, 4.69) is 24.6 Å². The second-order valence-corrected chi connectivity index (χ2v) is 6.63. The fourth-order valence-corrected chi connectivity index (χ4v) is 3.28. The van der Waals surface area contributed by atoms with Crippen molar-refractivity contribution in [3.63, 3.8) is 0 Å². The third-order valence-electron chi connectivity index (χ3n) is 2.43. The average Bonchev–Trinajstić information content (AvgIpc) is 2.68. The summed E-state index contributed by atoms with van der Waals surface area (Å²) in [5.41, 5.74) is 0. The molecule has 1 aromatic rings. The predicted molar refractivity (Wildman–Crippen MR) is 78.1 cm³/mol. The van der Waals surface area contributed by atoms with Crippen molar-refractivity contribution in [2.75, 3.05) is 18.6 Å². The zero-order valence-electron chi connectivity index (χ0n) is 9.96. The molecule has 0 aliphatic rings. The Morgan fingerprint density at radius 1 is 1.50 bits per heavy atom. The Hall–Kier alpha value is 0.300. The normalized spacial score (nSPS) is 12.9. The van der Waals surface area contributed by atoms with Gasteiger partial charge in [-0.1, -0.05) is 18.5 Å². The van der Waals surface area contributed by atoms with Gasteiger partial charge >= 0.3 is 0 Å². The van der Waals surface area contributed by atoms with Crippen LogP contribution in [-0.2, 0) is 6.42 Å². The van der Waals surface area contributed by atoms with Gasteiger partial charge in [0.15, 0.2) is 0 Å². The van der Waals surface area contributed by atoms with Crippen molar-refractivity contribution in [2.45, 2.75) is 32.2 Å². The number of nitrogens with one attached hydrogen (secondary N) is 1. The van der Waals surface area contributed by atoms with Gasteiger partial charge < -0.3 is 5.32 Å². The first kappa shape index (κ1) is 14.4. The van der Waals surface area contributed by atoms with Gasteiger partial charge in [-0.25, -0.2) is 0 Å². The van der Waals surface area contributed by atoms with Crippen molar-refractivity contribution in [1.82, 2.24) is 5.32 Å². The molecular formula is C12H20ClNS2. The Labute approximate surface area is 112 Å². The second kappa shape index (κ2) is 8.40. The topological polar surface area (TPSA) is 12.0 Å². The molecule has 0 saturated heterocycles. The SMILES string of the molecule is CCCNC(CCSC)Cc1ccc(Cl)s1. The van der Waals surface area contributed by atoms with Crippen LogP contribution >= 0.6 is 34.7 Å². The van der Waals surface area contributed by atoms with E-state index in [0.717, 1.165) is 17.3 Å². The molecule has 0 aliphatic carbocycles. The van der Waals surface area contributed by atoms with E-state index in [9.17, 15) is 0 Å². The molecule has 1 nitrogen and oxygen atoms in total. The fraction of sp³-hybridized carbons (Fsp3) is 0.667. The minimum Gasteiger partial charge on any atom is -0.314 e. The van der Waals surface area contributed by atoms with E-state index in [1.807, 2.05) is 17.8 Å². The van der Waals surface area contributed by atoms with Gasteiger partial charge in [-0.2, -0.15) is 11.8 Å². The van der Waals surface area contributed by atoms with Crippen LogP contribution in [0, 0.1) is 0 Å². The highest BCUT2D eigenvalue weighted by molar-refractivity contribution is 7.98. The van der Waals surface area contributed by atoms with Crippen molar-refractivity contribution in [3.8, 4) is 0 Å². The largest absolute Gasteiger partial charge is 0.314 e. The van der Waals surface area contributed by atoms with Crippen LogP contribution in [0.1, 0.15) is 24.6 Å². The standard InChI is InChI=1S/C12H20ClNS2/c1-3-7-14-10(6-8-15-2)9-11-4-5-12(13)16-11/h4-5,10,14H,3,6-9H2,1-2H3. The molecule has 1 N–H and O–H groups in total. The molecule has 0 aromatic carbocycles. The first-order chi connectivity index (χ1) is 7.76. The number of hydrogen-bond donors (Lipinski definition) is 1. The summed E-state index contributed by atoms with van der Waals surface area (Å²) < 4.78 is 0.897. The lowest BCUT2D eigenvalue weighted by Gasteiger charge is -2.17. The first-order valence-electron chi connectivity index (χ1n) is 5.72. The van der Waals surface area contributed by atoms with Gasteiger partial charge in [0.1, 0.15) is 0 Å². The summed E-state index contributed by atoms with van der Waals surface area (Å²) in [5, 5.41) is 3.61. The van der Waals surface area contributed by atoms with Gasteiger partial charge in [0.2, 0.25) is 0 Å². The first-order valence-corrected chi connectivity index (χ1v) is 8.31. The summed E-state index contributed by atoms with van der Waals surface area (Å²) in [7, 11) is 0. The molecule has 1 unspecified atom stereocenters. The van der Waals surface area contributed by atoms with Crippen molar-refractivity contribution in [2.24, 2.45) is 0 Å². The molecule has 0 bridgehead atoms. The second-order valence-electron chi connectivity index (χ2n) is 3.84. The van der Waals surface area contributed by atoms with E-state index in [-0.39, 0.29) is 0 Å². The van der Waals surface area contributed by atoms with E-state index < -0.39 is 0 Å². The minimum atomic E-state index is 0.599. The van der Waals surface area contributed by atoms with Crippen LogP contribution in [-0.4, -0.2) is 24.6 Å². The van der Waals surface area contributed by atoms with E-state index >= 15 is 0 Å². The Bertz CT molecular complexity index is 280. The molecule has 1 aromatic heterocycles. The number of hydrogen-bond acceptors (Lipinski definition) is 3. The molecule has 1 atom stereocenters. The third kappa shape index (κ3) is 5.58. The van der Waals surface area contributed by atoms with Crippen LogP contribution in [0.25, 0.3) is 0 Å². The van der Waals surface area contributed by atoms with Crippen molar-refractivity contribution in [1.29, 1.82) is 0 Å². The fourth-order valence-electron chi connectivity index (χ4n) is 1.59. The predicted octanol–water partition coefficient (Wildman–Crippen LogP) is 4.07. The zero-order chi connectivity index (χ0) is 11.8. The molecule has 1 rings (SSSR count). The summed E-state index contributed by atoms with van der Waals surface area (Å²) >= 11 is 9.56. The summed E-state index contributed by atoms with van der Waals surface area (Å²) in [6.07, 6.45) is 5.70. The maximum absolute atomic E-state index is 5.95. The van der Waals surface area contributed by atoms with Crippen LogP contribution in [0.5, 0.6) is 0 Å².